The van der Waals surface area contributed by atoms with Gasteiger partial charge in [-0.3, -0.25) is 0 Å². The van der Waals surface area contributed by atoms with Crippen LogP contribution in [0.2, 0.25) is 0 Å². The van der Waals surface area contributed by atoms with E-state index in [4.69, 9.17) is 0 Å². The van der Waals surface area contributed by atoms with Crippen molar-refractivity contribution in [3.05, 3.63) is 22.9 Å². The zero-order chi connectivity index (χ0) is 10.0. The average molecular weight is 179 g/mol. The van der Waals surface area contributed by atoms with E-state index >= 15 is 0 Å². The minimum absolute atomic E-state index is 0.648. The van der Waals surface area contributed by atoms with Gasteiger partial charge in [0.1, 0.15) is 0 Å². The fourth-order valence-electron chi connectivity index (χ4n) is 1.79. The van der Waals surface area contributed by atoms with Gasteiger partial charge >= 0.3 is 0 Å². The Kier molecular flexibility index (Phi) is 3.18. The summed E-state index contributed by atoms with van der Waals surface area (Å²) in [5, 5.41) is 3.40. The van der Waals surface area contributed by atoms with Gasteiger partial charge in [-0.1, -0.05) is 27.7 Å². The minimum atomic E-state index is 0.648. The van der Waals surface area contributed by atoms with Crippen LogP contribution in [0.4, 0.5) is 0 Å². The van der Waals surface area contributed by atoms with E-state index in [1.165, 1.54) is 11.3 Å². The molecule has 0 aromatic rings. The maximum atomic E-state index is 3.40. The number of hydrogen-bond acceptors (Lipinski definition) is 1. The summed E-state index contributed by atoms with van der Waals surface area (Å²) in [6, 6.07) is 0. The summed E-state index contributed by atoms with van der Waals surface area (Å²) < 4.78 is 0. The first kappa shape index (κ1) is 10.4. The van der Waals surface area contributed by atoms with Crippen molar-refractivity contribution < 1.29 is 0 Å². The van der Waals surface area contributed by atoms with Crippen molar-refractivity contribution in [1.29, 1.82) is 0 Å². The molecule has 1 N–H and O–H groups in total. The third-order valence-electron chi connectivity index (χ3n) is 2.62. The normalized spacial score (nSPS) is 17.9. The zero-order valence-electron chi connectivity index (χ0n) is 9.44. The van der Waals surface area contributed by atoms with Gasteiger partial charge in [-0.15, -0.1) is 0 Å². The summed E-state index contributed by atoms with van der Waals surface area (Å²) in [6.45, 7) is 12.3. The molecular weight excluding hydrogens is 158 g/mol. The predicted molar refractivity (Wildman–Crippen MR) is 58.5 cm³/mol. The molecule has 1 nitrogen and oxygen atoms in total. The first-order valence-corrected chi connectivity index (χ1v) is 5.17. The quantitative estimate of drug-likeness (QED) is 0.687. The Hall–Kier alpha value is -0.720. The van der Waals surface area contributed by atoms with E-state index in [-0.39, 0.29) is 0 Å². The van der Waals surface area contributed by atoms with Crippen LogP contribution in [-0.2, 0) is 0 Å². The second-order valence-corrected chi connectivity index (χ2v) is 4.47. The first-order valence-electron chi connectivity index (χ1n) is 5.17. The van der Waals surface area contributed by atoms with Gasteiger partial charge in [0, 0.05) is 12.2 Å². The third-order valence-corrected chi connectivity index (χ3v) is 2.62. The van der Waals surface area contributed by atoms with Crippen LogP contribution >= 0.6 is 0 Å². The molecule has 1 aliphatic heterocycles. The van der Waals surface area contributed by atoms with Crippen LogP contribution < -0.4 is 5.32 Å². The largest absolute Gasteiger partial charge is 0.385 e. The first-order chi connectivity index (χ1) is 6.02. The van der Waals surface area contributed by atoms with Gasteiger partial charge in [-0.2, -0.15) is 0 Å². The van der Waals surface area contributed by atoms with Crippen LogP contribution in [0.3, 0.4) is 0 Å². The molecule has 0 amide bonds. The van der Waals surface area contributed by atoms with Crippen LogP contribution in [-0.4, -0.2) is 6.54 Å². The van der Waals surface area contributed by atoms with Crippen LogP contribution in [0.1, 0.15) is 34.6 Å². The van der Waals surface area contributed by atoms with E-state index in [9.17, 15) is 0 Å². The number of nitrogens with one attached hydrogen (secondary N) is 1. The van der Waals surface area contributed by atoms with Gasteiger partial charge in [-0.05, 0) is 36.0 Å². The summed E-state index contributed by atoms with van der Waals surface area (Å²) >= 11 is 0. The number of dihydropyridines is 1. The molecular formula is C12H21N. The summed E-state index contributed by atoms with van der Waals surface area (Å²) in [5.41, 5.74) is 4.40. The van der Waals surface area contributed by atoms with Crippen LogP contribution in [0, 0.1) is 11.8 Å². The van der Waals surface area contributed by atoms with Crippen LogP contribution in [0.5, 0.6) is 0 Å². The highest BCUT2D eigenvalue weighted by molar-refractivity contribution is 5.35. The molecule has 0 aromatic carbocycles. The van der Waals surface area contributed by atoms with E-state index in [1.54, 1.807) is 5.57 Å². The van der Waals surface area contributed by atoms with Gasteiger partial charge in [0.2, 0.25) is 0 Å². The Bertz CT molecular complexity index is 244. The second kappa shape index (κ2) is 3.99. The Balaban J connectivity index is 3.01. The van der Waals surface area contributed by atoms with Crippen molar-refractivity contribution in [3.8, 4) is 0 Å². The van der Waals surface area contributed by atoms with Crippen molar-refractivity contribution in [1.82, 2.24) is 5.32 Å². The predicted octanol–water partition coefficient (Wildman–Crippen LogP) is 3.10. The van der Waals surface area contributed by atoms with Crippen molar-refractivity contribution in [2.45, 2.75) is 34.6 Å². The van der Waals surface area contributed by atoms with E-state index < -0.39 is 0 Å². The van der Waals surface area contributed by atoms with Gasteiger partial charge in [0.25, 0.3) is 0 Å². The van der Waals surface area contributed by atoms with Crippen molar-refractivity contribution in [2.75, 3.05) is 6.54 Å². The lowest BCUT2D eigenvalue weighted by Gasteiger charge is -2.25. The number of allylic oxidation sites excluding steroid dienone is 3. The van der Waals surface area contributed by atoms with Crippen LogP contribution in [0.15, 0.2) is 22.9 Å². The van der Waals surface area contributed by atoms with Gasteiger partial charge < -0.3 is 5.32 Å². The molecule has 1 rings (SSSR count). The van der Waals surface area contributed by atoms with E-state index in [1.807, 2.05) is 0 Å². The molecule has 0 radical (unpaired) electrons. The molecule has 0 atom stereocenters. The Labute approximate surface area is 81.9 Å². The molecule has 1 aliphatic rings. The third kappa shape index (κ3) is 2.36. The number of rotatable bonds is 2. The van der Waals surface area contributed by atoms with Crippen molar-refractivity contribution in [3.63, 3.8) is 0 Å². The molecule has 0 bridgehead atoms. The van der Waals surface area contributed by atoms with Crippen molar-refractivity contribution >= 4 is 0 Å². The Morgan fingerprint density at radius 2 is 1.77 bits per heavy atom. The lowest BCUT2D eigenvalue weighted by Crippen LogP contribution is -2.24. The van der Waals surface area contributed by atoms with Gasteiger partial charge in [0.05, 0.1) is 0 Å². The van der Waals surface area contributed by atoms with Gasteiger partial charge in [0.15, 0.2) is 0 Å². The van der Waals surface area contributed by atoms with Crippen LogP contribution in [0.25, 0.3) is 0 Å². The maximum absolute atomic E-state index is 3.40. The Morgan fingerprint density at radius 3 is 2.23 bits per heavy atom. The standard InChI is InChI=1S/C12H21N/c1-8(2)11-6-10(5)13-7-12(11)9(3)4/h6,8-9,13H,7H2,1-5H3. The molecule has 13 heavy (non-hydrogen) atoms. The molecule has 1 heteroatoms. The SMILES string of the molecule is CC1=CC(C(C)C)=C(C(C)C)CN1. The summed E-state index contributed by atoms with van der Waals surface area (Å²) in [5.74, 6) is 1.31. The molecule has 0 spiro atoms. The summed E-state index contributed by atoms with van der Waals surface area (Å²) in [7, 11) is 0. The molecule has 1 heterocycles. The highest BCUT2D eigenvalue weighted by Crippen LogP contribution is 2.25. The summed E-state index contributed by atoms with van der Waals surface area (Å²) in [4.78, 5) is 0. The minimum Gasteiger partial charge on any atom is -0.385 e. The lowest BCUT2D eigenvalue weighted by atomic mass is 9.88. The molecule has 0 unspecified atom stereocenters. The highest BCUT2D eigenvalue weighted by atomic mass is 14.9. The smallest absolute Gasteiger partial charge is 0.0365 e. The molecule has 0 fully saturated rings. The van der Waals surface area contributed by atoms with E-state index in [0.29, 0.717) is 11.8 Å². The van der Waals surface area contributed by atoms with E-state index in [2.05, 4.69) is 46.0 Å². The summed E-state index contributed by atoms with van der Waals surface area (Å²) in [6.07, 6.45) is 2.30. The molecule has 0 aromatic heterocycles. The second-order valence-electron chi connectivity index (χ2n) is 4.47. The highest BCUT2D eigenvalue weighted by Gasteiger charge is 2.15. The lowest BCUT2D eigenvalue weighted by molar-refractivity contribution is 0.647. The Morgan fingerprint density at radius 1 is 1.15 bits per heavy atom. The topological polar surface area (TPSA) is 12.0 Å². The monoisotopic (exact) mass is 179 g/mol. The molecule has 0 aliphatic carbocycles. The maximum Gasteiger partial charge on any atom is 0.0365 e. The number of hydrogen-bond donors (Lipinski definition) is 1. The molecule has 0 saturated heterocycles. The van der Waals surface area contributed by atoms with Crippen molar-refractivity contribution in [2.24, 2.45) is 11.8 Å². The van der Waals surface area contributed by atoms with Gasteiger partial charge in [-0.25, -0.2) is 0 Å². The fraction of sp³-hybridized carbons (Fsp3) is 0.667. The zero-order valence-corrected chi connectivity index (χ0v) is 9.44. The van der Waals surface area contributed by atoms with E-state index in [0.717, 1.165) is 6.54 Å². The fourth-order valence-corrected chi connectivity index (χ4v) is 1.79. The average Bonchev–Trinajstić information content (AvgIpc) is 2.03. The molecule has 74 valence electrons. The molecule has 0 saturated carbocycles.